The normalized spacial score (nSPS) is 9.67. The first-order valence-corrected chi connectivity index (χ1v) is 4.67. The number of phenols is 1. The molecule has 0 aromatic heterocycles. The molecule has 0 aliphatic heterocycles. The molecule has 1 aromatic rings. The average molecular weight is 207 g/mol. The number of benzene rings is 1. The minimum atomic E-state index is -0.272. The molecule has 0 heterocycles. The molecule has 0 unspecified atom stereocenters. The molecule has 1 aromatic carbocycles. The van der Waals surface area contributed by atoms with Crippen LogP contribution < -0.4 is 5.32 Å². The van der Waals surface area contributed by atoms with E-state index in [0.717, 1.165) is 0 Å². The number of anilines is 1. The van der Waals surface area contributed by atoms with Gasteiger partial charge in [-0.1, -0.05) is 12.1 Å². The van der Waals surface area contributed by atoms with Crippen LogP contribution in [0, 0.1) is 0 Å². The molecule has 0 atom stereocenters. The minimum absolute atomic E-state index is 0.0219. The Bertz CT molecular complexity index is 374. The Balaban J connectivity index is 2.52. The standard InChI is InChI=1S/C11H13NO3/c1-8(13)6-7-11(15)12-9-4-2-3-5-10(9)14/h2-5,14H,6-7H2,1H3,(H,12,15). The molecule has 1 rings (SSSR count). The molecule has 0 saturated heterocycles. The lowest BCUT2D eigenvalue weighted by Gasteiger charge is -2.05. The monoisotopic (exact) mass is 207 g/mol. The van der Waals surface area contributed by atoms with Crippen molar-refractivity contribution in [2.45, 2.75) is 19.8 Å². The van der Waals surface area contributed by atoms with E-state index >= 15 is 0 Å². The molecule has 0 bridgehead atoms. The fourth-order valence-corrected chi connectivity index (χ4v) is 1.08. The molecule has 0 aliphatic carbocycles. The van der Waals surface area contributed by atoms with E-state index in [1.54, 1.807) is 18.2 Å². The van der Waals surface area contributed by atoms with Gasteiger partial charge in [-0.3, -0.25) is 4.79 Å². The number of carbonyl (C=O) groups is 2. The van der Waals surface area contributed by atoms with Crippen LogP contribution >= 0.6 is 0 Å². The van der Waals surface area contributed by atoms with Crippen molar-refractivity contribution in [3.8, 4) is 5.75 Å². The largest absolute Gasteiger partial charge is 0.506 e. The highest BCUT2D eigenvalue weighted by atomic mass is 16.3. The Morgan fingerprint density at radius 1 is 1.27 bits per heavy atom. The van der Waals surface area contributed by atoms with Gasteiger partial charge < -0.3 is 15.2 Å². The van der Waals surface area contributed by atoms with Gasteiger partial charge >= 0.3 is 0 Å². The first-order chi connectivity index (χ1) is 7.09. The average Bonchev–Trinajstić information content (AvgIpc) is 2.18. The van der Waals surface area contributed by atoms with E-state index in [2.05, 4.69) is 5.32 Å². The van der Waals surface area contributed by atoms with Gasteiger partial charge in [0.25, 0.3) is 0 Å². The van der Waals surface area contributed by atoms with E-state index in [4.69, 9.17) is 0 Å². The summed E-state index contributed by atoms with van der Waals surface area (Å²) < 4.78 is 0. The summed E-state index contributed by atoms with van der Waals surface area (Å²) in [5.41, 5.74) is 0.367. The molecule has 0 spiro atoms. The number of rotatable bonds is 4. The lowest BCUT2D eigenvalue weighted by Crippen LogP contribution is -2.12. The van der Waals surface area contributed by atoms with Crippen molar-refractivity contribution in [1.82, 2.24) is 0 Å². The summed E-state index contributed by atoms with van der Waals surface area (Å²) in [6.45, 7) is 1.44. The molecule has 4 nitrogen and oxygen atoms in total. The zero-order valence-corrected chi connectivity index (χ0v) is 8.49. The number of para-hydroxylation sites is 2. The SMILES string of the molecule is CC(=O)CCC(=O)Nc1ccccc1O. The number of hydrogen-bond donors (Lipinski definition) is 2. The third kappa shape index (κ3) is 3.81. The van der Waals surface area contributed by atoms with Crippen molar-refractivity contribution in [3.63, 3.8) is 0 Å². The summed E-state index contributed by atoms with van der Waals surface area (Å²) >= 11 is 0. The quantitative estimate of drug-likeness (QED) is 0.738. The van der Waals surface area contributed by atoms with Crippen LogP contribution in [0.15, 0.2) is 24.3 Å². The predicted octanol–water partition coefficient (Wildman–Crippen LogP) is 1.70. The number of Topliss-reactive ketones (excluding diaryl/α,β-unsaturated/α-hetero) is 1. The molecule has 15 heavy (non-hydrogen) atoms. The number of nitrogens with one attached hydrogen (secondary N) is 1. The van der Waals surface area contributed by atoms with Crippen LogP contribution in [0.25, 0.3) is 0 Å². The molecule has 80 valence electrons. The number of aromatic hydroxyl groups is 1. The summed E-state index contributed by atoms with van der Waals surface area (Å²) in [6, 6.07) is 6.46. The second-order valence-corrected chi connectivity index (χ2v) is 3.27. The number of ketones is 1. The number of amides is 1. The van der Waals surface area contributed by atoms with Crippen molar-refractivity contribution in [2.24, 2.45) is 0 Å². The van der Waals surface area contributed by atoms with Gasteiger partial charge in [-0.2, -0.15) is 0 Å². The first kappa shape index (κ1) is 11.2. The molecule has 0 aliphatic rings. The third-order valence-corrected chi connectivity index (χ3v) is 1.88. The Morgan fingerprint density at radius 3 is 2.53 bits per heavy atom. The predicted molar refractivity (Wildman–Crippen MR) is 56.7 cm³/mol. The van der Waals surface area contributed by atoms with E-state index in [0.29, 0.717) is 5.69 Å². The van der Waals surface area contributed by atoms with Gasteiger partial charge in [0.2, 0.25) is 5.91 Å². The van der Waals surface area contributed by atoms with Crippen LogP contribution in [0.4, 0.5) is 5.69 Å². The Morgan fingerprint density at radius 2 is 1.93 bits per heavy atom. The number of carbonyl (C=O) groups excluding carboxylic acids is 2. The van der Waals surface area contributed by atoms with Crippen LogP contribution in [0.2, 0.25) is 0 Å². The number of phenolic OH excluding ortho intramolecular Hbond substituents is 1. The summed E-state index contributed by atoms with van der Waals surface area (Å²) in [6.07, 6.45) is 0.364. The molecular formula is C11H13NO3. The Labute approximate surface area is 87.9 Å². The summed E-state index contributed by atoms with van der Waals surface area (Å²) in [5.74, 6) is -0.275. The van der Waals surface area contributed by atoms with Crippen molar-refractivity contribution < 1.29 is 14.7 Å². The lowest BCUT2D eigenvalue weighted by molar-refractivity contribution is -0.121. The smallest absolute Gasteiger partial charge is 0.224 e. The van der Waals surface area contributed by atoms with Crippen LogP contribution in [-0.4, -0.2) is 16.8 Å². The fourth-order valence-electron chi connectivity index (χ4n) is 1.08. The maximum absolute atomic E-state index is 11.3. The lowest BCUT2D eigenvalue weighted by atomic mass is 10.2. The van der Waals surface area contributed by atoms with Crippen LogP contribution in [-0.2, 0) is 9.59 Å². The highest BCUT2D eigenvalue weighted by Crippen LogP contribution is 2.21. The van der Waals surface area contributed by atoms with Gasteiger partial charge in [0.15, 0.2) is 0 Å². The molecule has 4 heteroatoms. The maximum atomic E-state index is 11.3. The van der Waals surface area contributed by atoms with Gasteiger partial charge in [0.1, 0.15) is 11.5 Å². The van der Waals surface area contributed by atoms with E-state index in [9.17, 15) is 14.7 Å². The zero-order chi connectivity index (χ0) is 11.3. The molecule has 1 amide bonds. The van der Waals surface area contributed by atoms with E-state index in [1.165, 1.54) is 13.0 Å². The summed E-state index contributed by atoms with van der Waals surface area (Å²) in [5, 5.41) is 11.9. The van der Waals surface area contributed by atoms with Crippen molar-refractivity contribution in [2.75, 3.05) is 5.32 Å². The molecule has 0 fully saturated rings. The minimum Gasteiger partial charge on any atom is -0.506 e. The maximum Gasteiger partial charge on any atom is 0.224 e. The molecule has 2 N–H and O–H groups in total. The highest BCUT2D eigenvalue weighted by Gasteiger charge is 2.06. The van der Waals surface area contributed by atoms with Crippen molar-refractivity contribution in [1.29, 1.82) is 0 Å². The van der Waals surface area contributed by atoms with Gasteiger partial charge in [-0.15, -0.1) is 0 Å². The van der Waals surface area contributed by atoms with E-state index in [-0.39, 0.29) is 30.3 Å². The van der Waals surface area contributed by atoms with Gasteiger partial charge in [0, 0.05) is 12.8 Å². The van der Waals surface area contributed by atoms with Crippen LogP contribution in [0.1, 0.15) is 19.8 Å². The zero-order valence-electron chi connectivity index (χ0n) is 8.49. The summed E-state index contributed by atoms with van der Waals surface area (Å²) in [7, 11) is 0. The van der Waals surface area contributed by atoms with Gasteiger partial charge in [-0.25, -0.2) is 0 Å². The van der Waals surface area contributed by atoms with Gasteiger partial charge in [0.05, 0.1) is 5.69 Å². The first-order valence-electron chi connectivity index (χ1n) is 4.67. The summed E-state index contributed by atoms with van der Waals surface area (Å²) in [4.78, 5) is 21.9. The number of hydrogen-bond acceptors (Lipinski definition) is 3. The Kier molecular flexibility index (Phi) is 3.85. The molecule has 0 radical (unpaired) electrons. The fraction of sp³-hybridized carbons (Fsp3) is 0.273. The molecule has 0 saturated carbocycles. The van der Waals surface area contributed by atoms with E-state index < -0.39 is 0 Å². The van der Waals surface area contributed by atoms with Crippen molar-refractivity contribution >= 4 is 17.4 Å². The second-order valence-electron chi connectivity index (χ2n) is 3.27. The highest BCUT2D eigenvalue weighted by molar-refractivity contribution is 5.94. The Hall–Kier alpha value is -1.84. The molecular weight excluding hydrogens is 194 g/mol. The van der Waals surface area contributed by atoms with Gasteiger partial charge in [-0.05, 0) is 19.1 Å². The van der Waals surface area contributed by atoms with Crippen LogP contribution in [0.3, 0.4) is 0 Å². The topological polar surface area (TPSA) is 66.4 Å². The van der Waals surface area contributed by atoms with Crippen molar-refractivity contribution in [3.05, 3.63) is 24.3 Å². The van der Waals surface area contributed by atoms with Crippen LogP contribution in [0.5, 0.6) is 5.75 Å². The second kappa shape index (κ2) is 5.14. The van der Waals surface area contributed by atoms with E-state index in [1.807, 2.05) is 0 Å². The third-order valence-electron chi connectivity index (χ3n) is 1.88.